The van der Waals surface area contributed by atoms with Crippen molar-refractivity contribution < 1.29 is 24.0 Å². The summed E-state index contributed by atoms with van der Waals surface area (Å²) in [6.07, 6.45) is -0.612. The van der Waals surface area contributed by atoms with Gasteiger partial charge in [0.25, 0.3) is 0 Å². The fourth-order valence-electron chi connectivity index (χ4n) is 3.23. The van der Waals surface area contributed by atoms with Crippen molar-refractivity contribution in [1.29, 1.82) is 0 Å². The van der Waals surface area contributed by atoms with Crippen LogP contribution in [0.2, 0.25) is 5.02 Å². The van der Waals surface area contributed by atoms with Gasteiger partial charge in [-0.15, -0.1) is 11.3 Å². The summed E-state index contributed by atoms with van der Waals surface area (Å²) in [4.78, 5) is 29.5. The highest BCUT2D eigenvalue weighted by Gasteiger charge is 2.29. The van der Waals surface area contributed by atoms with Crippen molar-refractivity contribution in [3.63, 3.8) is 0 Å². The predicted molar refractivity (Wildman–Crippen MR) is 125 cm³/mol. The van der Waals surface area contributed by atoms with E-state index in [1.165, 1.54) is 21.6 Å². The molecule has 33 heavy (non-hydrogen) atoms. The van der Waals surface area contributed by atoms with Gasteiger partial charge in [-0.2, -0.15) is 0 Å². The number of para-hydroxylation sites is 1. The summed E-state index contributed by atoms with van der Waals surface area (Å²) in [6, 6.07) is 14.1. The average molecular weight is 484 g/mol. The molecular formula is C23H18ClN3O5S. The zero-order valence-electron chi connectivity index (χ0n) is 17.6. The molecule has 0 aliphatic heterocycles. The lowest BCUT2D eigenvalue weighted by molar-refractivity contribution is 0.0691. The van der Waals surface area contributed by atoms with Gasteiger partial charge in [-0.05, 0) is 26.0 Å². The van der Waals surface area contributed by atoms with Crippen LogP contribution in [0.3, 0.4) is 0 Å². The minimum atomic E-state index is -1.07. The van der Waals surface area contributed by atoms with E-state index < -0.39 is 12.1 Å². The predicted octanol–water partition coefficient (Wildman–Crippen LogP) is 6.42. The van der Waals surface area contributed by atoms with Crippen LogP contribution in [-0.2, 0) is 4.74 Å². The molecular weight excluding hydrogens is 466 g/mol. The third-order valence-corrected chi connectivity index (χ3v) is 5.94. The second kappa shape index (κ2) is 9.43. The standard InChI is InChI=1S/C23H18ClN3O5S/c1-3-31-23(30)27(18-7-5-4-6-16(18)24)20-13(2)32-26-19(20)14-8-10-15(11-9-14)21-25-17(12-33-21)22(28)29/h4-12H,3H2,1-2H3,(H,28,29). The number of halogens is 1. The van der Waals surface area contributed by atoms with Crippen molar-refractivity contribution in [2.24, 2.45) is 0 Å². The van der Waals surface area contributed by atoms with Crippen molar-refractivity contribution in [2.45, 2.75) is 13.8 Å². The summed E-state index contributed by atoms with van der Waals surface area (Å²) < 4.78 is 10.7. The number of carboxylic acids is 1. The fourth-order valence-corrected chi connectivity index (χ4v) is 4.25. The van der Waals surface area contributed by atoms with E-state index in [2.05, 4.69) is 10.1 Å². The summed E-state index contributed by atoms with van der Waals surface area (Å²) in [5.41, 5.74) is 2.71. The molecule has 168 valence electrons. The van der Waals surface area contributed by atoms with E-state index in [1.54, 1.807) is 62.4 Å². The lowest BCUT2D eigenvalue weighted by Crippen LogP contribution is -2.27. The Bertz CT molecular complexity index is 1320. The number of rotatable bonds is 6. The highest BCUT2D eigenvalue weighted by atomic mass is 35.5. The topological polar surface area (TPSA) is 106 Å². The maximum absolute atomic E-state index is 12.9. The quantitative estimate of drug-likeness (QED) is 0.337. The molecule has 2 aromatic heterocycles. The number of thiazole rings is 1. The Morgan fingerprint density at radius 1 is 1.15 bits per heavy atom. The number of hydrogen-bond donors (Lipinski definition) is 1. The van der Waals surface area contributed by atoms with Gasteiger partial charge < -0.3 is 14.4 Å². The molecule has 8 nitrogen and oxygen atoms in total. The van der Waals surface area contributed by atoms with Gasteiger partial charge in [0.2, 0.25) is 0 Å². The number of carbonyl (C=O) groups excluding carboxylic acids is 1. The number of benzene rings is 2. The third-order valence-electron chi connectivity index (χ3n) is 4.73. The zero-order valence-corrected chi connectivity index (χ0v) is 19.2. The summed E-state index contributed by atoms with van der Waals surface area (Å²) in [6.45, 7) is 3.60. The van der Waals surface area contributed by atoms with Crippen LogP contribution >= 0.6 is 22.9 Å². The van der Waals surface area contributed by atoms with Crippen molar-refractivity contribution >= 4 is 46.4 Å². The maximum atomic E-state index is 12.9. The van der Waals surface area contributed by atoms with E-state index in [4.69, 9.17) is 26.0 Å². The van der Waals surface area contributed by atoms with Crippen molar-refractivity contribution in [3.05, 3.63) is 70.4 Å². The first kappa shape index (κ1) is 22.5. The Morgan fingerprint density at radius 2 is 1.85 bits per heavy atom. The van der Waals surface area contributed by atoms with Crippen molar-refractivity contribution in [2.75, 3.05) is 11.5 Å². The van der Waals surface area contributed by atoms with Crippen LogP contribution in [0.1, 0.15) is 23.2 Å². The first-order valence-electron chi connectivity index (χ1n) is 9.88. The molecule has 4 aromatic rings. The van der Waals surface area contributed by atoms with E-state index >= 15 is 0 Å². The largest absolute Gasteiger partial charge is 0.476 e. The monoisotopic (exact) mass is 483 g/mol. The number of aromatic carboxylic acids is 1. The van der Waals surface area contributed by atoms with Crippen LogP contribution in [0.25, 0.3) is 21.8 Å². The highest BCUT2D eigenvalue weighted by molar-refractivity contribution is 7.13. The lowest BCUT2D eigenvalue weighted by Gasteiger charge is -2.23. The highest BCUT2D eigenvalue weighted by Crippen LogP contribution is 2.41. The third kappa shape index (κ3) is 4.46. The smallest absolute Gasteiger partial charge is 0.419 e. The Hall–Kier alpha value is -3.69. The van der Waals surface area contributed by atoms with Crippen LogP contribution in [0, 0.1) is 6.92 Å². The number of nitrogens with zero attached hydrogens (tertiary/aromatic N) is 3. The van der Waals surface area contributed by atoms with Gasteiger partial charge in [0.1, 0.15) is 16.4 Å². The molecule has 0 aliphatic carbocycles. The van der Waals surface area contributed by atoms with E-state index in [-0.39, 0.29) is 12.3 Å². The summed E-state index contributed by atoms with van der Waals surface area (Å²) in [7, 11) is 0. The molecule has 0 saturated heterocycles. The van der Waals surface area contributed by atoms with Gasteiger partial charge in [-0.25, -0.2) is 19.5 Å². The van der Waals surface area contributed by atoms with Gasteiger partial charge in [-0.1, -0.05) is 53.2 Å². The molecule has 1 N–H and O–H groups in total. The number of aromatic nitrogens is 2. The number of carbonyl (C=O) groups is 2. The Labute approximate surface area is 198 Å². The van der Waals surface area contributed by atoms with Crippen molar-refractivity contribution in [1.82, 2.24) is 10.1 Å². The molecule has 0 atom stereocenters. The molecule has 0 bridgehead atoms. The van der Waals surface area contributed by atoms with E-state index in [0.717, 1.165) is 5.56 Å². The second-order valence-electron chi connectivity index (χ2n) is 6.84. The number of aryl methyl sites for hydroxylation is 1. The number of anilines is 2. The SMILES string of the molecule is CCOC(=O)N(c1ccccc1Cl)c1c(-c2ccc(-c3nc(C(=O)O)cs3)cc2)noc1C. The molecule has 10 heteroatoms. The van der Waals surface area contributed by atoms with Gasteiger partial charge in [0, 0.05) is 16.5 Å². The number of amides is 1. The number of hydrogen-bond acceptors (Lipinski definition) is 7. The fraction of sp³-hybridized carbons (Fsp3) is 0.130. The molecule has 0 aliphatic rings. The molecule has 0 unspecified atom stereocenters. The molecule has 4 rings (SSSR count). The van der Waals surface area contributed by atoms with E-state index in [9.17, 15) is 9.59 Å². The normalized spacial score (nSPS) is 10.8. The Morgan fingerprint density at radius 3 is 2.48 bits per heavy atom. The van der Waals surface area contributed by atoms with E-state index in [0.29, 0.717) is 38.4 Å². The Kier molecular flexibility index (Phi) is 6.43. The van der Waals surface area contributed by atoms with Gasteiger partial charge in [0.15, 0.2) is 11.5 Å². The van der Waals surface area contributed by atoms with Crippen molar-refractivity contribution in [3.8, 4) is 21.8 Å². The molecule has 0 fully saturated rings. The van der Waals surface area contributed by atoms with Crippen LogP contribution in [-0.4, -0.2) is 33.9 Å². The molecule has 1 amide bonds. The molecule has 2 heterocycles. The minimum Gasteiger partial charge on any atom is -0.476 e. The minimum absolute atomic E-state index is 0.00157. The number of ether oxygens (including phenoxy) is 1. The molecule has 0 radical (unpaired) electrons. The first-order chi connectivity index (χ1) is 15.9. The Balaban J connectivity index is 1.77. The first-order valence-corrected chi connectivity index (χ1v) is 11.1. The van der Waals surface area contributed by atoms with E-state index in [1.807, 2.05) is 0 Å². The van der Waals surface area contributed by atoms with Crippen LogP contribution in [0.4, 0.5) is 16.2 Å². The summed E-state index contributed by atoms with van der Waals surface area (Å²) in [5.74, 6) is -0.663. The second-order valence-corrected chi connectivity index (χ2v) is 8.11. The molecule has 2 aromatic carbocycles. The van der Waals surface area contributed by atoms with Gasteiger partial charge in [0.05, 0.1) is 17.3 Å². The van der Waals surface area contributed by atoms with Crippen LogP contribution < -0.4 is 4.90 Å². The lowest BCUT2D eigenvalue weighted by atomic mass is 10.1. The van der Waals surface area contributed by atoms with Gasteiger partial charge >= 0.3 is 12.1 Å². The molecule has 0 spiro atoms. The average Bonchev–Trinajstić information content (AvgIpc) is 3.44. The molecule has 0 saturated carbocycles. The van der Waals surface area contributed by atoms with Crippen LogP contribution in [0.5, 0.6) is 0 Å². The summed E-state index contributed by atoms with van der Waals surface area (Å²) in [5, 5.41) is 15.7. The zero-order chi connectivity index (χ0) is 23.5. The summed E-state index contributed by atoms with van der Waals surface area (Å²) >= 11 is 7.64. The maximum Gasteiger partial charge on any atom is 0.419 e. The van der Waals surface area contributed by atoms with Crippen LogP contribution in [0.15, 0.2) is 58.4 Å². The number of carboxylic acid groups (broad SMARTS) is 1. The van der Waals surface area contributed by atoms with Gasteiger partial charge in [-0.3, -0.25) is 0 Å².